The minimum Gasteiger partial charge on any atom is -0.449 e. The highest BCUT2D eigenvalue weighted by atomic mass is 16.6. The second-order valence-electron chi connectivity index (χ2n) is 10.5. The Balaban J connectivity index is 0.000000695. The summed E-state index contributed by atoms with van der Waals surface area (Å²) in [6.45, 7) is 19.5. The molecule has 1 saturated heterocycles. The van der Waals surface area contributed by atoms with Crippen molar-refractivity contribution in [1.82, 2.24) is 9.88 Å². The van der Waals surface area contributed by atoms with Crippen LogP contribution in [0.5, 0.6) is 0 Å². The van der Waals surface area contributed by atoms with Crippen LogP contribution < -0.4 is 4.90 Å². The number of anilines is 1. The SMILES string of the molecule is C#N.C1CC1.CC(C)COC(=O)N1CCN(c2cc3c(cn2)COC(C)(C)C3)C[C@H]1C(C)C. The van der Waals surface area contributed by atoms with Gasteiger partial charge in [-0.05, 0) is 42.9 Å². The minimum absolute atomic E-state index is 0.117. The van der Waals surface area contributed by atoms with E-state index in [2.05, 4.69) is 59.1 Å². The van der Waals surface area contributed by atoms with Crippen molar-refractivity contribution in [3.63, 3.8) is 0 Å². The first-order chi connectivity index (χ1) is 15.7. The third-order valence-electron chi connectivity index (χ3n) is 5.94. The van der Waals surface area contributed by atoms with Crippen molar-refractivity contribution in [1.29, 1.82) is 5.26 Å². The number of hydrogen-bond donors (Lipinski definition) is 0. The molecule has 1 aliphatic carbocycles. The van der Waals surface area contributed by atoms with Crippen LogP contribution in [-0.2, 0) is 22.5 Å². The molecule has 0 aromatic carbocycles. The molecule has 1 aromatic heterocycles. The maximum atomic E-state index is 12.6. The number of carbonyl (C=O) groups is 1. The predicted molar refractivity (Wildman–Crippen MR) is 131 cm³/mol. The Hall–Kier alpha value is -2.33. The van der Waals surface area contributed by atoms with Gasteiger partial charge in [0.1, 0.15) is 5.82 Å². The van der Waals surface area contributed by atoms with Gasteiger partial charge < -0.3 is 19.3 Å². The molecule has 0 spiro atoms. The number of fused-ring (bicyclic) bond motifs is 1. The maximum absolute atomic E-state index is 12.6. The van der Waals surface area contributed by atoms with Crippen LogP contribution in [0.2, 0.25) is 0 Å². The summed E-state index contributed by atoms with van der Waals surface area (Å²) in [5.41, 5.74) is 2.37. The lowest BCUT2D eigenvalue weighted by Gasteiger charge is -2.43. The van der Waals surface area contributed by atoms with Crippen molar-refractivity contribution >= 4 is 11.9 Å². The Morgan fingerprint density at radius 1 is 1.21 bits per heavy atom. The van der Waals surface area contributed by atoms with E-state index in [1.165, 1.54) is 30.4 Å². The molecule has 3 heterocycles. The Morgan fingerprint density at radius 3 is 2.45 bits per heavy atom. The van der Waals surface area contributed by atoms with E-state index < -0.39 is 0 Å². The number of carbonyl (C=O) groups excluding carboxylic acids is 1. The molecule has 7 nitrogen and oxygen atoms in total. The molecule has 1 atom stereocenters. The van der Waals surface area contributed by atoms with Crippen LogP contribution in [0.15, 0.2) is 12.3 Å². The van der Waals surface area contributed by atoms with E-state index in [-0.39, 0.29) is 17.7 Å². The average Bonchev–Trinajstić information content (AvgIpc) is 3.67. The first-order valence-corrected chi connectivity index (χ1v) is 12.2. The van der Waals surface area contributed by atoms with Crippen molar-refractivity contribution in [3.8, 4) is 6.57 Å². The largest absolute Gasteiger partial charge is 0.449 e. The molecule has 1 saturated carbocycles. The molecule has 2 fully saturated rings. The molecule has 184 valence electrons. The van der Waals surface area contributed by atoms with Gasteiger partial charge in [0, 0.05) is 38.8 Å². The van der Waals surface area contributed by atoms with E-state index in [1.807, 2.05) is 11.1 Å². The summed E-state index contributed by atoms with van der Waals surface area (Å²) in [5, 5.41) is 6.50. The van der Waals surface area contributed by atoms with Crippen LogP contribution in [0.25, 0.3) is 0 Å². The van der Waals surface area contributed by atoms with Crippen LogP contribution in [-0.4, -0.2) is 53.9 Å². The molecule has 33 heavy (non-hydrogen) atoms. The molecule has 7 heteroatoms. The molecule has 0 bridgehead atoms. The Labute approximate surface area is 200 Å². The highest BCUT2D eigenvalue weighted by Crippen LogP contribution is 2.30. The molecule has 2 aliphatic heterocycles. The third kappa shape index (κ3) is 8.19. The summed E-state index contributed by atoms with van der Waals surface area (Å²) in [7, 11) is 0. The standard InChI is InChI=1S/C22H35N3O3.C3H6.CHN/c1-15(2)13-27-21(26)25-8-7-24(12-19(25)16(3)4)20-9-17-10-22(5,6)28-14-18(17)11-23-20;1-2-3-1;1-2/h9,11,15-16,19H,7-8,10,12-14H2,1-6H3;1-3H2;1H/t19-;;/m0../s1. The van der Waals surface area contributed by atoms with Gasteiger partial charge in [0.15, 0.2) is 0 Å². The number of pyridine rings is 1. The number of hydrogen-bond acceptors (Lipinski definition) is 6. The molecule has 4 rings (SSSR count). The zero-order valence-electron chi connectivity index (χ0n) is 21.3. The monoisotopic (exact) mass is 458 g/mol. The topological polar surface area (TPSA) is 78.7 Å². The summed E-state index contributed by atoms with van der Waals surface area (Å²) in [5.74, 6) is 1.69. The quantitative estimate of drug-likeness (QED) is 0.618. The van der Waals surface area contributed by atoms with Crippen molar-refractivity contribution in [2.45, 2.75) is 85.5 Å². The van der Waals surface area contributed by atoms with Crippen LogP contribution in [0, 0.1) is 23.7 Å². The Morgan fingerprint density at radius 2 is 1.88 bits per heavy atom. The van der Waals surface area contributed by atoms with Gasteiger partial charge in [0.2, 0.25) is 0 Å². The second-order valence-corrected chi connectivity index (χ2v) is 10.5. The van der Waals surface area contributed by atoms with Crippen molar-refractivity contribution < 1.29 is 14.3 Å². The van der Waals surface area contributed by atoms with Gasteiger partial charge in [-0.1, -0.05) is 47.0 Å². The molecule has 0 unspecified atom stereocenters. The summed E-state index contributed by atoms with van der Waals surface area (Å²) in [6, 6.07) is 2.33. The molecule has 1 amide bonds. The van der Waals surface area contributed by atoms with Gasteiger partial charge >= 0.3 is 6.09 Å². The molecule has 0 radical (unpaired) electrons. The van der Waals surface area contributed by atoms with Crippen molar-refractivity contribution in [3.05, 3.63) is 23.4 Å². The fourth-order valence-corrected chi connectivity index (χ4v) is 3.90. The molecule has 3 aliphatic rings. The molecular weight excluding hydrogens is 416 g/mol. The third-order valence-corrected chi connectivity index (χ3v) is 5.94. The van der Waals surface area contributed by atoms with Gasteiger partial charge in [-0.15, -0.1) is 0 Å². The number of piperazine rings is 1. The van der Waals surface area contributed by atoms with Gasteiger partial charge in [-0.25, -0.2) is 15.0 Å². The van der Waals surface area contributed by atoms with E-state index in [1.54, 1.807) is 0 Å². The van der Waals surface area contributed by atoms with Crippen LogP contribution in [0.3, 0.4) is 0 Å². The summed E-state index contributed by atoms with van der Waals surface area (Å²) >= 11 is 0. The fraction of sp³-hybridized carbons (Fsp3) is 0.731. The lowest BCUT2D eigenvalue weighted by atomic mass is 9.92. The molecule has 0 N–H and O–H groups in total. The van der Waals surface area contributed by atoms with Gasteiger partial charge in [-0.2, -0.15) is 0 Å². The summed E-state index contributed by atoms with van der Waals surface area (Å²) < 4.78 is 11.4. The van der Waals surface area contributed by atoms with E-state index in [4.69, 9.17) is 19.7 Å². The van der Waals surface area contributed by atoms with Gasteiger partial charge in [-0.3, -0.25) is 0 Å². The van der Waals surface area contributed by atoms with E-state index in [0.717, 1.165) is 25.3 Å². The predicted octanol–water partition coefficient (Wildman–Crippen LogP) is 5.18. The number of nitrogens with zero attached hydrogens (tertiary/aromatic N) is 4. The molecular formula is C26H42N4O3. The van der Waals surface area contributed by atoms with Crippen LogP contribution in [0.4, 0.5) is 10.6 Å². The lowest BCUT2D eigenvalue weighted by molar-refractivity contribution is -0.0402. The Bertz CT molecular complexity index is 786. The zero-order chi connectivity index (χ0) is 24.6. The minimum atomic E-state index is -0.190. The number of aromatic nitrogens is 1. The van der Waals surface area contributed by atoms with Gasteiger partial charge in [0.05, 0.1) is 24.9 Å². The van der Waals surface area contributed by atoms with Gasteiger partial charge in [0.25, 0.3) is 0 Å². The van der Waals surface area contributed by atoms with E-state index >= 15 is 0 Å². The highest BCUT2D eigenvalue weighted by molar-refractivity contribution is 5.68. The normalized spacial score (nSPS) is 20.7. The second kappa shape index (κ2) is 12.2. The number of amides is 1. The number of ether oxygens (including phenoxy) is 2. The first-order valence-electron chi connectivity index (χ1n) is 12.2. The molecule has 1 aromatic rings. The Kier molecular flexibility index (Phi) is 9.97. The highest BCUT2D eigenvalue weighted by Gasteiger charge is 2.34. The summed E-state index contributed by atoms with van der Waals surface area (Å²) in [6.07, 6.45) is 7.16. The maximum Gasteiger partial charge on any atom is 0.410 e. The average molecular weight is 459 g/mol. The van der Waals surface area contributed by atoms with Crippen molar-refractivity contribution in [2.75, 3.05) is 31.1 Å². The van der Waals surface area contributed by atoms with E-state index in [0.29, 0.717) is 31.6 Å². The fourth-order valence-electron chi connectivity index (χ4n) is 3.90. The zero-order valence-corrected chi connectivity index (χ0v) is 21.3. The smallest absolute Gasteiger partial charge is 0.410 e. The van der Waals surface area contributed by atoms with Crippen LogP contribution >= 0.6 is 0 Å². The van der Waals surface area contributed by atoms with Crippen LogP contribution in [0.1, 0.15) is 71.9 Å². The lowest BCUT2D eigenvalue weighted by Crippen LogP contribution is -2.57. The number of nitriles is 1. The summed E-state index contributed by atoms with van der Waals surface area (Å²) in [4.78, 5) is 21.5. The van der Waals surface area contributed by atoms with Crippen molar-refractivity contribution in [2.24, 2.45) is 11.8 Å². The number of rotatable bonds is 4. The first kappa shape index (κ1) is 26.9. The van der Waals surface area contributed by atoms with E-state index in [9.17, 15) is 4.79 Å².